The zero-order valence-corrected chi connectivity index (χ0v) is 22.7. The minimum atomic E-state index is -4.22. The van der Waals surface area contributed by atoms with Crippen LogP contribution in [0, 0.1) is 18.7 Å². The molecule has 2 aromatic carbocycles. The maximum absolute atomic E-state index is 14.7. The minimum absolute atomic E-state index is 0.103. The summed E-state index contributed by atoms with van der Waals surface area (Å²) in [6, 6.07) is 12.0. The smallest absolute Gasteiger partial charge is 0.304 e. The summed E-state index contributed by atoms with van der Waals surface area (Å²) >= 11 is 0. The topological polar surface area (TPSA) is 90.0 Å². The molecule has 0 radical (unpaired) electrons. The predicted molar refractivity (Wildman–Crippen MR) is 140 cm³/mol. The van der Waals surface area contributed by atoms with Crippen LogP contribution in [-0.4, -0.2) is 62.7 Å². The monoisotopic (exact) mass is 520 g/mol. The van der Waals surface area contributed by atoms with E-state index in [1.807, 2.05) is 45.0 Å². The van der Waals surface area contributed by atoms with Gasteiger partial charge in [0, 0.05) is 27.2 Å². The second-order valence-corrected chi connectivity index (χ2v) is 11.3. The third kappa shape index (κ3) is 7.27. The van der Waals surface area contributed by atoms with Crippen molar-refractivity contribution in [3.63, 3.8) is 0 Å². The molecule has 0 fully saturated rings. The van der Waals surface area contributed by atoms with E-state index in [0.29, 0.717) is 13.0 Å². The molecule has 0 aliphatic heterocycles. The first-order chi connectivity index (χ1) is 16.9. The Kier molecular flexibility index (Phi) is 10.4. The van der Waals surface area contributed by atoms with Gasteiger partial charge < -0.3 is 10.2 Å². The molecule has 2 rings (SSSR count). The van der Waals surface area contributed by atoms with E-state index in [-0.39, 0.29) is 24.1 Å². The highest BCUT2D eigenvalue weighted by molar-refractivity contribution is 7.90. The number of hydrogen-bond donors (Lipinski definition) is 1. The zero-order valence-electron chi connectivity index (χ0n) is 21.9. The number of carbonyl (C=O) groups is 2. The third-order valence-corrected chi connectivity index (χ3v) is 7.62. The maximum atomic E-state index is 14.7. The lowest BCUT2D eigenvalue weighted by atomic mass is 10.1. The average Bonchev–Trinajstić information content (AvgIpc) is 2.82. The van der Waals surface area contributed by atoms with Gasteiger partial charge in [0.25, 0.3) is 0 Å². The fraction of sp³-hybridized carbons (Fsp3) is 0.462. The SMILES string of the molecule is CC[C@@H](C(=O)NCC(C)C)N(Cc1ccccc1C)C(=O)CN(c1ccccc1F)S(=O)(=O)N(C)C. The second-order valence-electron chi connectivity index (χ2n) is 9.26. The van der Waals surface area contributed by atoms with Crippen LogP contribution in [0.3, 0.4) is 0 Å². The van der Waals surface area contributed by atoms with Crippen LogP contribution >= 0.6 is 0 Å². The first-order valence-corrected chi connectivity index (χ1v) is 13.4. The van der Waals surface area contributed by atoms with Crippen molar-refractivity contribution in [1.29, 1.82) is 0 Å². The molecule has 8 nitrogen and oxygen atoms in total. The van der Waals surface area contributed by atoms with E-state index in [1.54, 1.807) is 6.92 Å². The maximum Gasteiger partial charge on any atom is 0.304 e. The Morgan fingerprint density at radius 3 is 2.19 bits per heavy atom. The number of rotatable bonds is 12. The molecule has 0 heterocycles. The summed E-state index contributed by atoms with van der Waals surface area (Å²) in [6.07, 6.45) is 0.321. The Hall–Kier alpha value is -2.98. The van der Waals surface area contributed by atoms with E-state index >= 15 is 0 Å². The molecule has 36 heavy (non-hydrogen) atoms. The lowest BCUT2D eigenvalue weighted by molar-refractivity contribution is -0.140. The Morgan fingerprint density at radius 2 is 1.64 bits per heavy atom. The minimum Gasteiger partial charge on any atom is -0.354 e. The molecule has 2 amide bonds. The van der Waals surface area contributed by atoms with Crippen molar-refractivity contribution in [3.8, 4) is 0 Å². The number of amides is 2. The lowest BCUT2D eigenvalue weighted by Crippen LogP contribution is -2.53. The quantitative estimate of drug-likeness (QED) is 0.465. The fourth-order valence-corrected chi connectivity index (χ4v) is 4.73. The van der Waals surface area contributed by atoms with Crippen LogP contribution in [0.4, 0.5) is 10.1 Å². The summed E-state index contributed by atoms with van der Waals surface area (Å²) in [5.41, 5.74) is 1.51. The molecule has 0 spiro atoms. The van der Waals surface area contributed by atoms with Gasteiger partial charge >= 0.3 is 10.2 Å². The highest BCUT2D eigenvalue weighted by Gasteiger charge is 2.34. The molecule has 0 unspecified atom stereocenters. The van der Waals surface area contributed by atoms with Crippen LogP contribution in [0.1, 0.15) is 38.3 Å². The van der Waals surface area contributed by atoms with Gasteiger partial charge in [-0.2, -0.15) is 12.7 Å². The van der Waals surface area contributed by atoms with Crippen molar-refractivity contribution in [2.45, 2.75) is 46.7 Å². The molecule has 0 bridgehead atoms. The standard InChI is InChI=1S/C26H37FN4O4S/c1-7-23(26(33)28-16-19(2)3)30(17-21-13-9-8-12-20(21)4)25(32)18-31(36(34,35)29(5)6)24-15-11-10-14-22(24)27/h8-15,19,23H,7,16-18H2,1-6H3,(H,28,33)/t23-/m0/s1. The summed E-state index contributed by atoms with van der Waals surface area (Å²) in [4.78, 5) is 28.3. The largest absolute Gasteiger partial charge is 0.354 e. The van der Waals surface area contributed by atoms with E-state index in [9.17, 15) is 22.4 Å². The van der Waals surface area contributed by atoms with Crippen LogP contribution in [0.25, 0.3) is 0 Å². The van der Waals surface area contributed by atoms with E-state index in [4.69, 9.17) is 0 Å². The van der Waals surface area contributed by atoms with Gasteiger partial charge in [-0.3, -0.25) is 9.59 Å². The normalized spacial score (nSPS) is 12.5. The molecule has 0 saturated carbocycles. The molecule has 0 aliphatic rings. The summed E-state index contributed by atoms with van der Waals surface area (Å²) in [5, 5.41) is 2.88. The summed E-state index contributed by atoms with van der Waals surface area (Å²) in [5.74, 6) is -1.49. The molecule has 2 aromatic rings. The summed E-state index contributed by atoms with van der Waals surface area (Å²) in [7, 11) is -1.59. The lowest BCUT2D eigenvalue weighted by Gasteiger charge is -2.34. The van der Waals surface area contributed by atoms with Crippen LogP contribution < -0.4 is 9.62 Å². The molecule has 198 valence electrons. The molecule has 0 saturated heterocycles. The number of anilines is 1. The van der Waals surface area contributed by atoms with Gasteiger partial charge in [-0.05, 0) is 42.5 Å². The second kappa shape index (κ2) is 12.8. The summed E-state index contributed by atoms with van der Waals surface area (Å²) < 4.78 is 42.6. The molecular formula is C26H37FN4O4S. The van der Waals surface area contributed by atoms with E-state index in [0.717, 1.165) is 25.8 Å². The van der Waals surface area contributed by atoms with Gasteiger partial charge in [0.1, 0.15) is 18.4 Å². The molecular weight excluding hydrogens is 483 g/mol. The van der Waals surface area contributed by atoms with Gasteiger partial charge in [0.15, 0.2) is 0 Å². The van der Waals surface area contributed by atoms with Crippen LogP contribution in [0.2, 0.25) is 0 Å². The highest BCUT2D eigenvalue weighted by Crippen LogP contribution is 2.24. The van der Waals surface area contributed by atoms with E-state index < -0.39 is 34.5 Å². The Balaban J connectivity index is 2.52. The van der Waals surface area contributed by atoms with Gasteiger partial charge in [0.2, 0.25) is 11.8 Å². The molecule has 10 heteroatoms. The number of hydrogen-bond acceptors (Lipinski definition) is 4. The average molecular weight is 521 g/mol. The van der Waals surface area contributed by atoms with Crippen molar-refractivity contribution in [2.75, 3.05) is 31.5 Å². The third-order valence-electron chi connectivity index (χ3n) is 5.81. The number of para-hydroxylation sites is 1. The van der Waals surface area contributed by atoms with Gasteiger partial charge in [-0.25, -0.2) is 8.70 Å². The fourth-order valence-electron chi connectivity index (χ4n) is 3.67. The Bertz CT molecular complexity index is 1150. The van der Waals surface area contributed by atoms with Crippen molar-refractivity contribution in [3.05, 3.63) is 65.5 Å². The number of halogens is 1. The van der Waals surface area contributed by atoms with Crippen LogP contribution in [0.15, 0.2) is 48.5 Å². The van der Waals surface area contributed by atoms with E-state index in [1.165, 1.54) is 37.2 Å². The Labute approximate surface area is 214 Å². The number of aryl methyl sites for hydroxylation is 1. The van der Waals surface area contributed by atoms with Crippen molar-refractivity contribution in [1.82, 2.24) is 14.5 Å². The molecule has 0 aliphatic carbocycles. The molecule has 1 N–H and O–H groups in total. The van der Waals surface area contributed by atoms with Crippen molar-refractivity contribution in [2.24, 2.45) is 5.92 Å². The van der Waals surface area contributed by atoms with Crippen LogP contribution in [-0.2, 0) is 26.3 Å². The first-order valence-electron chi connectivity index (χ1n) is 12.0. The van der Waals surface area contributed by atoms with Gasteiger partial charge in [0.05, 0.1) is 5.69 Å². The predicted octanol–water partition coefficient (Wildman–Crippen LogP) is 3.33. The van der Waals surface area contributed by atoms with Gasteiger partial charge in [-0.1, -0.05) is 57.2 Å². The van der Waals surface area contributed by atoms with Crippen LogP contribution in [0.5, 0.6) is 0 Å². The molecule has 0 aromatic heterocycles. The number of carbonyl (C=O) groups excluding carboxylic acids is 2. The van der Waals surface area contributed by atoms with Crippen molar-refractivity contribution >= 4 is 27.7 Å². The number of benzene rings is 2. The first kappa shape index (κ1) is 29.3. The summed E-state index contributed by atoms with van der Waals surface area (Å²) in [6.45, 7) is 7.51. The number of nitrogens with zero attached hydrogens (tertiary/aromatic N) is 3. The van der Waals surface area contributed by atoms with Crippen molar-refractivity contribution < 1.29 is 22.4 Å². The molecule has 1 atom stereocenters. The Morgan fingerprint density at radius 1 is 1.03 bits per heavy atom. The number of nitrogens with one attached hydrogen (secondary N) is 1. The zero-order chi connectivity index (χ0) is 27.0. The van der Waals surface area contributed by atoms with Gasteiger partial charge in [-0.15, -0.1) is 0 Å². The highest BCUT2D eigenvalue weighted by atomic mass is 32.2. The van der Waals surface area contributed by atoms with E-state index in [2.05, 4.69) is 5.32 Å².